The standard InChI is InChI=1S/C13H19N5O10P2/c1-5-13(26-5)29(21,22)28-30(23,24)25-2-6-8(19)9(20)12(27-6)18-4-17-7-10(14)15-3-16-11(7)18/h3-6,8-9,12-13,19-20H,2H2,1H3,(H,21,22)(H,23,24)(H2,14,15,16)/t5-,6+,8+,9+,12+,13+/m0/s1. The first kappa shape index (κ1) is 21.7. The number of rotatable bonds is 7. The fraction of sp³-hybridized carbons (Fsp3) is 0.615. The summed E-state index contributed by atoms with van der Waals surface area (Å²) in [6, 6.07) is 0. The number of aromatic nitrogens is 4. The molecule has 2 saturated heterocycles. The van der Waals surface area contributed by atoms with E-state index in [1.54, 1.807) is 0 Å². The molecule has 2 unspecified atom stereocenters. The summed E-state index contributed by atoms with van der Waals surface area (Å²) in [6.07, 6.45) is -3.59. The summed E-state index contributed by atoms with van der Waals surface area (Å²) in [5, 5.41) is 20.6. The second kappa shape index (κ2) is 7.57. The zero-order valence-electron chi connectivity index (χ0n) is 15.3. The number of hydrogen-bond acceptors (Lipinski definition) is 12. The lowest BCUT2D eigenvalue weighted by Gasteiger charge is -2.19. The second-order valence-electron chi connectivity index (χ2n) is 6.77. The minimum absolute atomic E-state index is 0.104. The van der Waals surface area contributed by atoms with E-state index in [9.17, 15) is 29.1 Å². The second-order valence-corrected chi connectivity index (χ2v) is 10.3. The third-order valence-electron chi connectivity index (χ3n) is 4.62. The quantitative estimate of drug-likeness (QED) is 0.246. The summed E-state index contributed by atoms with van der Waals surface area (Å²) >= 11 is 0. The first-order chi connectivity index (χ1) is 14.0. The van der Waals surface area contributed by atoms with Gasteiger partial charge >= 0.3 is 15.4 Å². The largest absolute Gasteiger partial charge is 0.479 e. The van der Waals surface area contributed by atoms with E-state index in [1.807, 2.05) is 0 Å². The molecule has 0 aliphatic carbocycles. The third kappa shape index (κ3) is 4.01. The fourth-order valence-corrected chi connectivity index (χ4v) is 6.01. The number of phosphoric acid groups is 1. The number of nitrogen functional groups attached to an aromatic ring is 1. The van der Waals surface area contributed by atoms with Gasteiger partial charge in [0.25, 0.3) is 0 Å². The van der Waals surface area contributed by atoms with Gasteiger partial charge in [0, 0.05) is 0 Å². The van der Waals surface area contributed by atoms with Gasteiger partial charge in [0.05, 0.1) is 19.0 Å². The van der Waals surface area contributed by atoms with Gasteiger partial charge in [0.1, 0.15) is 30.2 Å². The van der Waals surface area contributed by atoms with Crippen molar-refractivity contribution in [1.82, 2.24) is 19.5 Å². The Hall–Kier alpha value is -1.51. The van der Waals surface area contributed by atoms with Gasteiger partial charge < -0.3 is 35.2 Å². The van der Waals surface area contributed by atoms with E-state index >= 15 is 0 Å². The van der Waals surface area contributed by atoms with Crippen LogP contribution < -0.4 is 5.73 Å². The molecule has 0 bridgehead atoms. The van der Waals surface area contributed by atoms with E-state index < -0.39 is 58.5 Å². The van der Waals surface area contributed by atoms with Crippen molar-refractivity contribution >= 4 is 32.4 Å². The van der Waals surface area contributed by atoms with Gasteiger partial charge in [-0.1, -0.05) is 0 Å². The molecule has 166 valence electrons. The van der Waals surface area contributed by atoms with Crippen LogP contribution in [0.2, 0.25) is 0 Å². The highest BCUT2D eigenvalue weighted by molar-refractivity contribution is 7.64. The molecule has 17 heteroatoms. The molecule has 4 heterocycles. The molecular weight excluding hydrogens is 448 g/mol. The Morgan fingerprint density at radius 3 is 2.57 bits per heavy atom. The van der Waals surface area contributed by atoms with Crippen LogP contribution in [0.25, 0.3) is 11.2 Å². The lowest BCUT2D eigenvalue weighted by molar-refractivity contribution is -0.0502. The average molecular weight is 467 g/mol. The zero-order chi connectivity index (χ0) is 21.8. The SMILES string of the molecule is C[C@@H]1O[C@@H]1P(=O)(O)OP(=O)(O)OC[C@H]1O[C@@H](n2cnc3c(N)ncnc32)[C@H](O)[C@@H]1O. The first-order valence-corrected chi connectivity index (χ1v) is 11.8. The number of fused-ring (bicyclic) bond motifs is 1. The minimum Gasteiger partial charge on any atom is -0.387 e. The van der Waals surface area contributed by atoms with Crippen LogP contribution in [-0.2, 0) is 27.4 Å². The van der Waals surface area contributed by atoms with Crippen molar-refractivity contribution in [2.45, 2.75) is 43.4 Å². The maximum absolute atomic E-state index is 12.0. The molecule has 2 fully saturated rings. The van der Waals surface area contributed by atoms with Crippen molar-refractivity contribution in [2.75, 3.05) is 12.3 Å². The van der Waals surface area contributed by atoms with E-state index in [1.165, 1.54) is 24.1 Å². The van der Waals surface area contributed by atoms with Crippen LogP contribution in [0.3, 0.4) is 0 Å². The molecule has 0 amide bonds. The Morgan fingerprint density at radius 1 is 1.20 bits per heavy atom. The van der Waals surface area contributed by atoms with Gasteiger partial charge in [0.15, 0.2) is 23.5 Å². The van der Waals surface area contributed by atoms with Gasteiger partial charge in [-0.15, -0.1) is 0 Å². The summed E-state index contributed by atoms with van der Waals surface area (Å²) < 4.78 is 44.6. The molecule has 30 heavy (non-hydrogen) atoms. The van der Waals surface area contributed by atoms with E-state index in [-0.39, 0.29) is 17.0 Å². The number of epoxide rings is 1. The van der Waals surface area contributed by atoms with Gasteiger partial charge in [-0.3, -0.25) is 13.7 Å². The Kier molecular flexibility index (Phi) is 5.48. The van der Waals surface area contributed by atoms with Crippen LogP contribution >= 0.6 is 15.4 Å². The highest BCUT2D eigenvalue weighted by Gasteiger charge is 2.54. The van der Waals surface area contributed by atoms with Crippen molar-refractivity contribution < 1.29 is 47.4 Å². The number of aliphatic hydroxyl groups excluding tert-OH is 2. The monoisotopic (exact) mass is 467 g/mol. The predicted octanol–water partition coefficient (Wildman–Crippen LogP) is -0.909. The molecule has 4 rings (SSSR count). The van der Waals surface area contributed by atoms with Crippen LogP contribution in [0.4, 0.5) is 5.82 Å². The van der Waals surface area contributed by atoms with Crippen molar-refractivity contribution in [1.29, 1.82) is 0 Å². The molecule has 0 spiro atoms. The van der Waals surface area contributed by atoms with Crippen molar-refractivity contribution in [3.63, 3.8) is 0 Å². The molecule has 0 saturated carbocycles. The van der Waals surface area contributed by atoms with Crippen LogP contribution in [0.5, 0.6) is 0 Å². The number of hydrogen-bond donors (Lipinski definition) is 5. The molecule has 8 atom stereocenters. The first-order valence-electron chi connectivity index (χ1n) is 8.61. The Morgan fingerprint density at radius 2 is 1.90 bits per heavy atom. The minimum atomic E-state index is -5.00. The molecule has 2 aromatic heterocycles. The fourth-order valence-electron chi connectivity index (χ4n) is 3.06. The Bertz CT molecular complexity index is 1050. The van der Waals surface area contributed by atoms with Gasteiger partial charge in [0.2, 0.25) is 0 Å². The molecule has 6 N–H and O–H groups in total. The van der Waals surface area contributed by atoms with Gasteiger partial charge in [-0.2, -0.15) is 0 Å². The van der Waals surface area contributed by atoms with Crippen LogP contribution in [0.1, 0.15) is 13.2 Å². The Balaban J connectivity index is 1.44. The summed E-state index contributed by atoms with van der Waals surface area (Å²) in [6.45, 7) is 0.760. The van der Waals surface area contributed by atoms with E-state index in [0.717, 1.165) is 0 Å². The zero-order valence-corrected chi connectivity index (χ0v) is 17.1. The molecular formula is C13H19N5O10P2. The number of nitrogens with zero attached hydrogens (tertiary/aromatic N) is 4. The average Bonchev–Trinajstić information content (AvgIpc) is 3.15. The van der Waals surface area contributed by atoms with Crippen LogP contribution in [-0.4, -0.2) is 76.4 Å². The highest BCUT2D eigenvalue weighted by atomic mass is 31.3. The number of phosphoric ester groups is 1. The molecule has 0 aromatic carbocycles. The van der Waals surface area contributed by atoms with Gasteiger partial charge in [-0.25, -0.2) is 23.8 Å². The lowest BCUT2D eigenvalue weighted by atomic mass is 10.1. The molecule has 2 aromatic rings. The number of nitrogens with two attached hydrogens (primary N) is 1. The smallest absolute Gasteiger partial charge is 0.387 e. The lowest BCUT2D eigenvalue weighted by Crippen LogP contribution is -2.33. The van der Waals surface area contributed by atoms with E-state index in [4.69, 9.17) is 15.2 Å². The van der Waals surface area contributed by atoms with E-state index in [2.05, 4.69) is 23.8 Å². The molecule has 0 radical (unpaired) electrons. The summed E-state index contributed by atoms with van der Waals surface area (Å²) in [4.78, 5) is 31.3. The van der Waals surface area contributed by atoms with Crippen molar-refractivity contribution in [3.05, 3.63) is 12.7 Å². The van der Waals surface area contributed by atoms with Crippen molar-refractivity contribution in [2.24, 2.45) is 0 Å². The third-order valence-corrected chi connectivity index (χ3v) is 8.04. The summed E-state index contributed by atoms with van der Waals surface area (Å²) in [5.74, 6) is -1.11. The predicted molar refractivity (Wildman–Crippen MR) is 96.7 cm³/mol. The molecule has 2 aliphatic heterocycles. The maximum atomic E-state index is 12.0. The van der Waals surface area contributed by atoms with E-state index in [0.29, 0.717) is 0 Å². The summed E-state index contributed by atoms with van der Waals surface area (Å²) in [7, 11) is -9.56. The van der Waals surface area contributed by atoms with Crippen LogP contribution in [0, 0.1) is 0 Å². The van der Waals surface area contributed by atoms with Crippen molar-refractivity contribution in [3.8, 4) is 0 Å². The molecule has 15 nitrogen and oxygen atoms in total. The number of imidazole rings is 1. The molecule has 2 aliphatic rings. The maximum Gasteiger partial charge on any atom is 0.479 e. The highest BCUT2D eigenvalue weighted by Crippen LogP contribution is 2.66. The topological polar surface area (TPSA) is 225 Å². The van der Waals surface area contributed by atoms with Gasteiger partial charge in [-0.05, 0) is 6.92 Å². The number of anilines is 1. The number of aliphatic hydroxyl groups is 2. The summed E-state index contributed by atoms with van der Waals surface area (Å²) in [5.41, 5.74) is 6.20. The number of ether oxygens (including phenoxy) is 2. The van der Waals surface area contributed by atoms with Crippen LogP contribution in [0.15, 0.2) is 12.7 Å². The Labute approximate surface area is 168 Å². The normalized spacial score (nSPS) is 35.2.